The van der Waals surface area contributed by atoms with Crippen molar-refractivity contribution in [1.29, 1.82) is 0 Å². The summed E-state index contributed by atoms with van der Waals surface area (Å²) in [5.74, 6) is 5.74. The summed E-state index contributed by atoms with van der Waals surface area (Å²) in [4.78, 5) is 4.83. The lowest BCUT2D eigenvalue weighted by Gasteiger charge is -2.36. The average molecular weight is 607 g/mol. The Hall–Kier alpha value is -4.40. The van der Waals surface area contributed by atoms with Crippen molar-refractivity contribution in [2.24, 2.45) is 0 Å². The molecule has 2 unspecified atom stereocenters. The lowest BCUT2D eigenvalue weighted by molar-refractivity contribution is 0.171. The minimum Gasteiger partial charge on any atom is -0.493 e. The molecule has 8 nitrogen and oxygen atoms in total. The van der Waals surface area contributed by atoms with Gasteiger partial charge in [-0.3, -0.25) is 9.80 Å². The number of benzene rings is 4. The molecule has 0 aliphatic carbocycles. The zero-order valence-electron chi connectivity index (χ0n) is 26.2. The van der Waals surface area contributed by atoms with Crippen LogP contribution in [0, 0.1) is 0 Å². The fraction of sp³-hybridized carbons (Fsp3) is 0.351. The Kier molecular flexibility index (Phi) is 6.99. The van der Waals surface area contributed by atoms with Gasteiger partial charge in [0.05, 0.1) is 14.2 Å². The van der Waals surface area contributed by atoms with Crippen molar-refractivity contribution in [2.45, 2.75) is 37.8 Å². The molecule has 232 valence electrons. The largest absolute Gasteiger partial charge is 0.493 e. The van der Waals surface area contributed by atoms with E-state index in [0.29, 0.717) is 28.7 Å². The summed E-state index contributed by atoms with van der Waals surface area (Å²) in [6, 6.07) is 21.4. The first-order valence-corrected chi connectivity index (χ1v) is 15.7. The average Bonchev–Trinajstić information content (AvgIpc) is 3.53. The highest BCUT2D eigenvalue weighted by Gasteiger charge is 2.35. The van der Waals surface area contributed by atoms with Crippen molar-refractivity contribution in [3.05, 3.63) is 94.0 Å². The fourth-order valence-electron chi connectivity index (χ4n) is 7.32. The van der Waals surface area contributed by atoms with E-state index in [9.17, 15) is 0 Å². The molecular weight excluding hydrogens is 568 g/mol. The van der Waals surface area contributed by atoms with E-state index in [1.54, 1.807) is 14.2 Å². The summed E-state index contributed by atoms with van der Waals surface area (Å²) in [5, 5.41) is 0. The van der Waals surface area contributed by atoms with Crippen LogP contribution in [0.1, 0.15) is 45.5 Å². The SMILES string of the molecule is COc1ccc2cc1Oc1ccc(cc1)CC1c3cc4c(c(c3CCN1C)Oc1cc3c(cc1OC)C(C2)N(C)CC3)OCO4. The molecule has 12 bridgehead atoms. The van der Waals surface area contributed by atoms with E-state index in [-0.39, 0.29) is 18.9 Å². The van der Waals surface area contributed by atoms with Crippen LogP contribution in [-0.4, -0.2) is 58.0 Å². The van der Waals surface area contributed by atoms with Crippen LogP contribution in [0.3, 0.4) is 0 Å². The van der Waals surface area contributed by atoms with Crippen molar-refractivity contribution >= 4 is 0 Å². The van der Waals surface area contributed by atoms with Gasteiger partial charge in [0.25, 0.3) is 0 Å². The van der Waals surface area contributed by atoms with Crippen LogP contribution in [0.15, 0.2) is 60.7 Å². The van der Waals surface area contributed by atoms with Crippen molar-refractivity contribution in [1.82, 2.24) is 9.80 Å². The topological polar surface area (TPSA) is 61.9 Å². The molecule has 45 heavy (non-hydrogen) atoms. The predicted molar refractivity (Wildman–Crippen MR) is 171 cm³/mol. The Morgan fingerprint density at radius 3 is 2.16 bits per heavy atom. The lowest BCUT2D eigenvalue weighted by Crippen LogP contribution is -2.34. The maximum atomic E-state index is 6.88. The Balaban J connectivity index is 1.31. The molecule has 0 spiro atoms. The first kappa shape index (κ1) is 28.1. The summed E-state index contributed by atoms with van der Waals surface area (Å²) in [6.07, 6.45) is 3.41. The molecule has 0 fully saturated rings. The van der Waals surface area contributed by atoms with Gasteiger partial charge in [-0.1, -0.05) is 18.2 Å². The van der Waals surface area contributed by atoms with Crippen molar-refractivity contribution in [2.75, 3.05) is 48.2 Å². The maximum Gasteiger partial charge on any atom is 0.231 e. The number of fused-ring (bicyclic) bond motifs is 1. The van der Waals surface area contributed by atoms with Crippen LogP contribution in [0.2, 0.25) is 0 Å². The second-order valence-electron chi connectivity index (χ2n) is 12.4. The summed E-state index contributed by atoms with van der Waals surface area (Å²) >= 11 is 0. The fourth-order valence-corrected chi connectivity index (χ4v) is 7.32. The van der Waals surface area contributed by atoms with Gasteiger partial charge in [0.15, 0.2) is 34.5 Å². The monoisotopic (exact) mass is 606 g/mol. The second-order valence-corrected chi connectivity index (χ2v) is 12.4. The summed E-state index contributed by atoms with van der Waals surface area (Å²) < 4.78 is 37.0. The molecule has 7 heterocycles. The van der Waals surface area contributed by atoms with Gasteiger partial charge in [0.1, 0.15) is 5.75 Å². The standard InChI is InChI=1S/C37H38N2O6/c1-38-13-11-24-18-34-32(41-4)19-27(24)29(38)16-23-7-10-31(40-3)33(17-23)44-25-8-5-22(6-9-25)15-30-28-20-35-37(43-21-42-35)36(45-34)26(28)12-14-39(30)2/h5-10,17-20,29-30H,11-16,21H2,1-4H3. The van der Waals surface area contributed by atoms with Crippen LogP contribution < -0.4 is 28.4 Å². The number of ether oxygens (including phenoxy) is 6. The molecular formula is C37H38N2O6. The van der Waals surface area contributed by atoms with Crippen molar-refractivity contribution in [3.63, 3.8) is 0 Å². The normalized spacial score (nSPS) is 20.4. The first-order chi connectivity index (χ1) is 22.0. The van der Waals surface area contributed by atoms with E-state index in [2.05, 4.69) is 66.4 Å². The van der Waals surface area contributed by atoms with E-state index in [1.165, 1.54) is 33.4 Å². The third-order valence-electron chi connectivity index (χ3n) is 9.86. The Morgan fingerprint density at radius 2 is 1.36 bits per heavy atom. The highest BCUT2D eigenvalue weighted by atomic mass is 16.7. The van der Waals surface area contributed by atoms with Gasteiger partial charge in [-0.05, 0) is 110 Å². The highest BCUT2D eigenvalue weighted by Crippen LogP contribution is 2.52. The van der Waals surface area contributed by atoms with Crippen LogP contribution in [0.4, 0.5) is 0 Å². The third-order valence-corrected chi connectivity index (χ3v) is 9.86. The number of nitrogens with zero attached hydrogens (tertiary/aromatic N) is 2. The van der Waals surface area contributed by atoms with E-state index >= 15 is 0 Å². The number of likely N-dealkylation sites (N-methyl/N-ethyl adjacent to an activating group) is 2. The van der Waals surface area contributed by atoms with Gasteiger partial charge in [0.2, 0.25) is 12.5 Å². The van der Waals surface area contributed by atoms with Gasteiger partial charge in [-0.2, -0.15) is 0 Å². The Bertz CT molecular complexity index is 1770. The van der Waals surface area contributed by atoms with Crippen LogP contribution >= 0.6 is 0 Å². The molecule has 0 saturated heterocycles. The first-order valence-electron chi connectivity index (χ1n) is 15.7. The van der Waals surface area contributed by atoms with Gasteiger partial charge < -0.3 is 28.4 Å². The number of hydrogen-bond donors (Lipinski definition) is 0. The summed E-state index contributed by atoms with van der Waals surface area (Å²) in [7, 11) is 7.77. The second kappa shape index (κ2) is 11.2. The highest BCUT2D eigenvalue weighted by molar-refractivity contribution is 5.64. The minimum absolute atomic E-state index is 0.140. The molecule has 4 aromatic carbocycles. The van der Waals surface area contributed by atoms with Gasteiger partial charge in [-0.15, -0.1) is 0 Å². The van der Waals surface area contributed by atoms with E-state index in [1.807, 2.05) is 18.2 Å². The Morgan fingerprint density at radius 1 is 0.644 bits per heavy atom. The van der Waals surface area contributed by atoms with Crippen LogP contribution in [-0.2, 0) is 25.7 Å². The maximum absolute atomic E-state index is 6.88. The minimum atomic E-state index is 0.140. The third kappa shape index (κ3) is 4.93. The van der Waals surface area contributed by atoms with Crippen molar-refractivity contribution < 1.29 is 28.4 Å². The zero-order valence-corrected chi connectivity index (χ0v) is 26.2. The smallest absolute Gasteiger partial charge is 0.231 e. The van der Waals surface area contributed by atoms with Crippen molar-refractivity contribution in [3.8, 4) is 46.0 Å². The van der Waals surface area contributed by atoms with Crippen LogP contribution in [0.5, 0.6) is 46.0 Å². The number of rotatable bonds is 2. The molecule has 0 amide bonds. The quantitative estimate of drug-likeness (QED) is 0.245. The van der Waals surface area contributed by atoms with Gasteiger partial charge in [-0.25, -0.2) is 0 Å². The molecule has 0 aromatic heterocycles. The molecule has 8 heteroatoms. The predicted octanol–water partition coefficient (Wildman–Crippen LogP) is 6.87. The van der Waals surface area contributed by atoms with E-state index in [0.717, 1.165) is 56.0 Å². The molecule has 0 saturated carbocycles. The van der Waals surface area contributed by atoms with Gasteiger partial charge >= 0.3 is 0 Å². The summed E-state index contributed by atoms with van der Waals surface area (Å²) in [6.45, 7) is 2.02. The molecule has 0 N–H and O–H groups in total. The summed E-state index contributed by atoms with van der Waals surface area (Å²) in [5.41, 5.74) is 7.28. The number of methoxy groups -OCH3 is 2. The lowest BCUT2D eigenvalue weighted by atomic mass is 9.87. The molecule has 4 aromatic rings. The van der Waals surface area contributed by atoms with E-state index < -0.39 is 0 Å². The Labute approximate surface area is 264 Å². The molecule has 7 aliphatic rings. The van der Waals surface area contributed by atoms with Crippen LogP contribution in [0.25, 0.3) is 0 Å². The van der Waals surface area contributed by atoms with Gasteiger partial charge in [0, 0.05) is 30.7 Å². The number of hydrogen-bond acceptors (Lipinski definition) is 8. The zero-order chi connectivity index (χ0) is 30.7. The molecule has 0 radical (unpaired) electrons. The molecule has 7 aliphatic heterocycles. The molecule has 2 atom stereocenters. The molecule has 11 rings (SSSR count). The van der Waals surface area contributed by atoms with E-state index in [4.69, 9.17) is 28.4 Å².